The average molecular weight is 413 g/mol. The van der Waals surface area contributed by atoms with Crippen LogP contribution in [0.15, 0.2) is 36.5 Å². The minimum Gasteiger partial charge on any atom is -0.452 e. The van der Waals surface area contributed by atoms with Crippen molar-refractivity contribution < 1.29 is 27.5 Å². The number of aryl methyl sites for hydroxylation is 1. The molecule has 0 aliphatic heterocycles. The Balaban J connectivity index is 1.69. The van der Waals surface area contributed by atoms with Gasteiger partial charge < -0.3 is 10.1 Å². The van der Waals surface area contributed by atoms with E-state index < -0.39 is 35.9 Å². The molecular formula is C17H12ClF3N4O3. The Kier molecular flexibility index (Phi) is 5.23. The van der Waals surface area contributed by atoms with Crippen LogP contribution >= 0.6 is 11.6 Å². The number of nitrogens with zero attached hydrogens (tertiary/aromatic N) is 3. The predicted molar refractivity (Wildman–Crippen MR) is 93.1 cm³/mol. The van der Waals surface area contributed by atoms with Gasteiger partial charge in [0.2, 0.25) is 0 Å². The highest BCUT2D eigenvalue weighted by Gasteiger charge is 2.34. The van der Waals surface area contributed by atoms with Crippen molar-refractivity contribution in [2.75, 3.05) is 11.9 Å². The van der Waals surface area contributed by atoms with Crippen LogP contribution in [-0.4, -0.2) is 33.1 Å². The van der Waals surface area contributed by atoms with E-state index in [1.165, 1.54) is 24.4 Å². The summed E-state index contributed by atoms with van der Waals surface area (Å²) in [6.07, 6.45) is -3.28. The maximum Gasteiger partial charge on any atom is 0.418 e. The lowest BCUT2D eigenvalue weighted by Crippen LogP contribution is -2.23. The molecule has 0 saturated carbocycles. The third kappa shape index (κ3) is 4.06. The standard InChI is InChI=1S/C17H12ClF3N4O3/c1-9-23-24-13-6-5-10(7-25(9)13)16(27)28-8-14(26)22-15-11(17(19,20)21)3-2-4-12(15)18/h2-7H,8H2,1H3,(H,22,26). The second-order valence-corrected chi connectivity index (χ2v) is 6.08. The molecule has 7 nitrogen and oxygen atoms in total. The van der Waals surface area contributed by atoms with Gasteiger partial charge in [0.15, 0.2) is 12.3 Å². The van der Waals surface area contributed by atoms with Crippen LogP contribution in [0.3, 0.4) is 0 Å². The number of pyridine rings is 1. The first-order chi connectivity index (χ1) is 13.2. The Hall–Kier alpha value is -3.14. The average Bonchev–Trinajstić information content (AvgIpc) is 3.01. The van der Waals surface area contributed by atoms with Crippen molar-refractivity contribution >= 4 is 34.8 Å². The zero-order valence-corrected chi connectivity index (χ0v) is 15.0. The summed E-state index contributed by atoms with van der Waals surface area (Å²) in [6, 6.07) is 6.07. The van der Waals surface area contributed by atoms with Crippen molar-refractivity contribution in [2.45, 2.75) is 13.1 Å². The molecular weight excluding hydrogens is 401 g/mol. The molecule has 1 aromatic carbocycles. The zero-order chi connectivity index (χ0) is 20.5. The van der Waals surface area contributed by atoms with Gasteiger partial charge in [-0.25, -0.2) is 4.79 Å². The van der Waals surface area contributed by atoms with E-state index >= 15 is 0 Å². The summed E-state index contributed by atoms with van der Waals surface area (Å²) < 4.78 is 45.5. The monoisotopic (exact) mass is 412 g/mol. The number of nitrogens with one attached hydrogen (secondary N) is 1. The SMILES string of the molecule is Cc1nnc2ccc(C(=O)OCC(=O)Nc3c(Cl)cccc3C(F)(F)F)cn12. The van der Waals surface area contributed by atoms with Crippen molar-refractivity contribution in [3.63, 3.8) is 0 Å². The fourth-order valence-corrected chi connectivity index (χ4v) is 2.63. The van der Waals surface area contributed by atoms with Crippen LogP contribution in [0.2, 0.25) is 5.02 Å². The molecule has 28 heavy (non-hydrogen) atoms. The molecule has 0 atom stereocenters. The first-order valence-electron chi connectivity index (χ1n) is 7.81. The van der Waals surface area contributed by atoms with Crippen LogP contribution in [0.4, 0.5) is 18.9 Å². The van der Waals surface area contributed by atoms with Crippen molar-refractivity contribution in [1.29, 1.82) is 0 Å². The predicted octanol–water partition coefficient (Wildman–Crippen LogP) is 3.51. The highest BCUT2D eigenvalue weighted by Crippen LogP contribution is 2.38. The Morgan fingerprint density at radius 3 is 2.68 bits per heavy atom. The second kappa shape index (κ2) is 7.47. The lowest BCUT2D eigenvalue weighted by molar-refractivity contribution is -0.137. The molecule has 0 aliphatic carbocycles. The number of carbonyl (C=O) groups is 2. The smallest absolute Gasteiger partial charge is 0.418 e. The molecule has 0 bridgehead atoms. The normalized spacial score (nSPS) is 11.5. The summed E-state index contributed by atoms with van der Waals surface area (Å²) >= 11 is 5.76. The number of aromatic nitrogens is 3. The second-order valence-electron chi connectivity index (χ2n) is 5.68. The Morgan fingerprint density at radius 2 is 1.96 bits per heavy atom. The summed E-state index contributed by atoms with van der Waals surface area (Å²) in [5.41, 5.74) is -1.06. The minimum absolute atomic E-state index is 0.122. The molecule has 0 aliphatic rings. The lowest BCUT2D eigenvalue weighted by atomic mass is 10.1. The summed E-state index contributed by atoms with van der Waals surface area (Å²) in [5, 5.41) is 9.46. The number of benzene rings is 1. The number of carbonyl (C=O) groups excluding carboxylic acids is 2. The zero-order valence-electron chi connectivity index (χ0n) is 14.2. The number of amides is 1. The topological polar surface area (TPSA) is 85.6 Å². The van der Waals surface area contributed by atoms with Crippen molar-refractivity contribution in [3.8, 4) is 0 Å². The minimum atomic E-state index is -4.71. The first-order valence-corrected chi connectivity index (χ1v) is 8.18. The molecule has 1 amide bonds. The summed E-state index contributed by atoms with van der Waals surface area (Å²) in [6.45, 7) is 0.894. The molecule has 0 radical (unpaired) electrons. The van der Waals surface area contributed by atoms with E-state index in [1.54, 1.807) is 11.3 Å². The van der Waals surface area contributed by atoms with Gasteiger partial charge in [0.25, 0.3) is 5.91 Å². The highest BCUT2D eigenvalue weighted by atomic mass is 35.5. The Morgan fingerprint density at radius 1 is 1.21 bits per heavy atom. The van der Waals surface area contributed by atoms with E-state index in [9.17, 15) is 22.8 Å². The summed E-state index contributed by atoms with van der Waals surface area (Å²) in [5.74, 6) is -1.25. The van der Waals surface area contributed by atoms with Gasteiger partial charge in [-0.1, -0.05) is 17.7 Å². The van der Waals surface area contributed by atoms with Gasteiger partial charge in [-0.05, 0) is 31.2 Å². The maximum absolute atomic E-state index is 13.0. The molecule has 0 spiro atoms. The van der Waals surface area contributed by atoms with Gasteiger partial charge in [-0.3, -0.25) is 9.20 Å². The van der Waals surface area contributed by atoms with Crippen LogP contribution in [0.25, 0.3) is 5.65 Å². The van der Waals surface area contributed by atoms with E-state index in [-0.39, 0.29) is 10.6 Å². The number of rotatable bonds is 4. The highest BCUT2D eigenvalue weighted by molar-refractivity contribution is 6.34. The van der Waals surface area contributed by atoms with Crippen LogP contribution in [0.5, 0.6) is 0 Å². The molecule has 0 unspecified atom stereocenters. The van der Waals surface area contributed by atoms with Crippen LogP contribution in [0.1, 0.15) is 21.7 Å². The third-order valence-corrected chi connectivity index (χ3v) is 4.04. The summed E-state index contributed by atoms with van der Waals surface area (Å²) in [7, 11) is 0. The molecule has 0 saturated heterocycles. The summed E-state index contributed by atoms with van der Waals surface area (Å²) in [4.78, 5) is 24.1. The number of fused-ring (bicyclic) bond motifs is 1. The maximum atomic E-state index is 13.0. The van der Waals surface area contributed by atoms with Gasteiger partial charge in [0.1, 0.15) is 5.82 Å². The van der Waals surface area contributed by atoms with E-state index in [4.69, 9.17) is 16.3 Å². The number of alkyl halides is 3. The molecule has 146 valence electrons. The van der Waals surface area contributed by atoms with Gasteiger partial charge in [-0.2, -0.15) is 13.2 Å². The molecule has 0 fully saturated rings. The quantitative estimate of drug-likeness (QED) is 0.663. The first kappa shape index (κ1) is 19.6. The number of ether oxygens (including phenoxy) is 1. The Labute approximate surface area is 161 Å². The van der Waals surface area contributed by atoms with Crippen LogP contribution in [0, 0.1) is 6.92 Å². The Bertz CT molecular complexity index is 1070. The van der Waals surface area contributed by atoms with E-state index in [2.05, 4.69) is 10.2 Å². The molecule has 1 N–H and O–H groups in total. The van der Waals surface area contributed by atoms with Gasteiger partial charge in [-0.15, -0.1) is 10.2 Å². The van der Waals surface area contributed by atoms with Gasteiger partial charge >= 0.3 is 12.1 Å². The van der Waals surface area contributed by atoms with Crippen LogP contribution < -0.4 is 5.32 Å². The number of halogens is 4. The lowest BCUT2D eigenvalue weighted by Gasteiger charge is -2.15. The van der Waals surface area contributed by atoms with Crippen LogP contribution in [-0.2, 0) is 15.7 Å². The van der Waals surface area contributed by atoms with Gasteiger partial charge in [0.05, 0.1) is 21.8 Å². The van der Waals surface area contributed by atoms with E-state index in [1.807, 2.05) is 5.32 Å². The van der Waals surface area contributed by atoms with E-state index in [0.717, 1.165) is 12.1 Å². The number of para-hydroxylation sites is 1. The molecule has 2 heterocycles. The van der Waals surface area contributed by atoms with Gasteiger partial charge in [0, 0.05) is 6.20 Å². The largest absolute Gasteiger partial charge is 0.452 e. The number of hydrogen-bond donors (Lipinski definition) is 1. The van der Waals surface area contributed by atoms with Crippen molar-refractivity contribution in [1.82, 2.24) is 14.6 Å². The number of esters is 1. The molecule has 11 heteroatoms. The van der Waals surface area contributed by atoms with Crippen molar-refractivity contribution in [2.24, 2.45) is 0 Å². The fraction of sp³-hybridized carbons (Fsp3) is 0.176. The molecule has 3 rings (SSSR count). The number of hydrogen-bond acceptors (Lipinski definition) is 5. The van der Waals surface area contributed by atoms with E-state index in [0.29, 0.717) is 11.5 Å². The molecule has 2 aromatic heterocycles. The third-order valence-electron chi connectivity index (χ3n) is 3.73. The fourth-order valence-electron chi connectivity index (χ4n) is 2.40. The molecule has 3 aromatic rings. The van der Waals surface area contributed by atoms with Crippen molar-refractivity contribution in [3.05, 3.63) is 58.5 Å². The number of anilines is 1.